The van der Waals surface area contributed by atoms with E-state index in [0.717, 1.165) is 20.7 Å². The molecule has 0 unspecified atom stereocenters. The highest BCUT2D eigenvalue weighted by atomic mass is 35.5. The quantitative estimate of drug-likeness (QED) is 0.508. The SMILES string of the molecule is CC[C@@H](C(=O)NC)N(Cc1ccc(Cl)c(Cl)c1)C(=O)CN(c1ccc(F)cc1)S(=O)(=O)N(C)C. The van der Waals surface area contributed by atoms with Gasteiger partial charge in [-0.2, -0.15) is 12.7 Å². The van der Waals surface area contributed by atoms with Crippen molar-refractivity contribution in [3.63, 3.8) is 0 Å². The van der Waals surface area contributed by atoms with E-state index in [1.54, 1.807) is 25.1 Å². The lowest BCUT2D eigenvalue weighted by Crippen LogP contribution is -2.52. The van der Waals surface area contributed by atoms with E-state index < -0.39 is 40.4 Å². The average Bonchev–Trinajstić information content (AvgIpc) is 2.79. The number of likely N-dealkylation sites (N-methyl/N-ethyl adjacent to an activating group) is 1. The van der Waals surface area contributed by atoms with Crippen LogP contribution in [-0.2, 0) is 26.3 Å². The van der Waals surface area contributed by atoms with Gasteiger partial charge in [0.05, 0.1) is 15.7 Å². The zero-order valence-corrected chi connectivity index (χ0v) is 21.6. The summed E-state index contributed by atoms with van der Waals surface area (Å²) in [5.74, 6) is -1.58. The molecule has 0 saturated carbocycles. The van der Waals surface area contributed by atoms with Crippen LogP contribution in [-0.4, -0.2) is 63.2 Å². The molecule has 0 aliphatic rings. The van der Waals surface area contributed by atoms with Crippen molar-refractivity contribution in [3.8, 4) is 0 Å². The number of hydrogen-bond acceptors (Lipinski definition) is 4. The van der Waals surface area contributed by atoms with Gasteiger partial charge in [0.2, 0.25) is 11.8 Å². The maximum atomic E-state index is 13.5. The lowest BCUT2D eigenvalue weighted by molar-refractivity contribution is -0.140. The molecule has 0 aromatic heterocycles. The van der Waals surface area contributed by atoms with Crippen LogP contribution in [0.2, 0.25) is 10.0 Å². The van der Waals surface area contributed by atoms with Gasteiger partial charge in [0.25, 0.3) is 0 Å². The molecule has 0 fully saturated rings. The van der Waals surface area contributed by atoms with E-state index in [1.807, 2.05) is 0 Å². The largest absolute Gasteiger partial charge is 0.357 e. The third-order valence-electron chi connectivity index (χ3n) is 5.10. The highest BCUT2D eigenvalue weighted by Crippen LogP contribution is 2.25. The monoisotopic (exact) mass is 532 g/mol. The van der Waals surface area contributed by atoms with Crippen molar-refractivity contribution in [1.29, 1.82) is 0 Å². The summed E-state index contributed by atoms with van der Waals surface area (Å²) in [6.07, 6.45) is 0.281. The second-order valence-electron chi connectivity index (χ2n) is 7.58. The Hall–Kier alpha value is -2.40. The summed E-state index contributed by atoms with van der Waals surface area (Å²) in [5, 5.41) is 3.15. The van der Waals surface area contributed by atoms with Gasteiger partial charge in [-0.05, 0) is 48.4 Å². The van der Waals surface area contributed by atoms with E-state index in [2.05, 4.69) is 5.32 Å². The summed E-state index contributed by atoms with van der Waals surface area (Å²) in [6, 6.07) is 8.68. The Morgan fingerprint density at radius 1 is 1.06 bits per heavy atom. The predicted molar refractivity (Wildman–Crippen MR) is 132 cm³/mol. The van der Waals surface area contributed by atoms with Gasteiger partial charge < -0.3 is 10.2 Å². The van der Waals surface area contributed by atoms with Crippen molar-refractivity contribution < 1.29 is 22.4 Å². The molecule has 0 aliphatic heterocycles. The van der Waals surface area contributed by atoms with E-state index in [1.165, 1.54) is 38.2 Å². The number of nitrogens with one attached hydrogen (secondary N) is 1. The fraction of sp³-hybridized carbons (Fsp3) is 0.364. The van der Waals surface area contributed by atoms with Gasteiger partial charge in [-0.25, -0.2) is 8.70 Å². The van der Waals surface area contributed by atoms with E-state index >= 15 is 0 Å². The molecule has 0 bridgehead atoms. The first-order valence-electron chi connectivity index (χ1n) is 10.3. The van der Waals surface area contributed by atoms with Gasteiger partial charge in [0, 0.05) is 27.7 Å². The van der Waals surface area contributed by atoms with Crippen molar-refractivity contribution in [1.82, 2.24) is 14.5 Å². The minimum atomic E-state index is -4.12. The molecule has 12 heteroatoms. The first kappa shape index (κ1) is 27.8. The zero-order chi connectivity index (χ0) is 25.6. The molecule has 0 heterocycles. The maximum Gasteiger partial charge on any atom is 0.304 e. The Morgan fingerprint density at radius 3 is 2.18 bits per heavy atom. The number of nitrogens with zero attached hydrogens (tertiary/aromatic N) is 3. The fourth-order valence-corrected chi connectivity index (χ4v) is 4.62. The molecule has 0 saturated heterocycles. The van der Waals surface area contributed by atoms with Crippen LogP contribution in [0.5, 0.6) is 0 Å². The summed E-state index contributed by atoms with van der Waals surface area (Å²) in [5.41, 5.74) is 0.708. The van der Waals surface area contributed by atoms with E-state index in [9.17, 15) is 22.4 Å². The van der Waals surface area contributed by atoms with Gasteiger partial charge in [-0.1, -0.05) is 36.2 Å². The standard InChI is InChI=1S/C22H27Cl2FN4O4S/c1-5-20(22(31)26-2)28(13-15-6-11-18(23)19(24)12-15)21(30)14-29(34(32,33)27(3)4)17-9-7-16(25)8-10-17/h6-12,20H,5,13-14H2,1-4H3,(H,26,31)/t20-/m0/s1. The van der Waals surface area contributed by atoms with Crippen LogP contribution in [0.25, 0.3) is 0 Å². The normalized spacial score (nSPS) is 12.4. The average molecular weight is 533 g/mol. The first-order chi connectivity index (χ1) is 15.9. The number of hydrogen-bond donors (Lipinski definition) is 1. The molecule has 2 aromatic rings. The Kier molecular flexibility index (Phi) is 9.69. The van der Waals surface area contributed by atoms with Crippen LogP contribution in [0.15, 0.2) is 42.5 Å². The van der Waals surface area contributed by atoms with Crippen molar-refractivity contribution in [3.05, 3.63) is 63.9 Å². The van der Waals surface area contributed by atoms with Crippen LogP contribution < -0.4 is 9.62 Å². The minimum Gasteiger partial charge on any atom is -0.357 e. The molecule has 0 radical (unpaired) electrons. The molecular formula is C22H27Cl2FN4O4S. The summed E-state index contributed by atoms with van der Waals surface area (Å²) in [6.45, 7) is 1.12. The molecule has 1 N–H and O–H groups in total. The van der Waals surface area contributed by atoms with Crippen LogP contribution in [0.3, 0.4) is 0 Å². The summed E-state index contributed by atoms with van der Waals surface area (Å²) in [4.78, 5) is 27.4. The van der Waals surface area contributed by atoms with Crippen molar-refractivity contribution in [2.45, 2.75) is 25.9 Å². The topological polar surface area (TPSA) is 90.0 Å². The highest BCUT2D eigenvalue weighted by Gasteiger charge is 2.33. The number of rotatable bonds is 10. The summed E-state index contributed by atoms with van der Waals surface area (Å²) in [7, 11) is -0.0216. The molecule has 8 nitrogen and oxygen atoms in total. The molecule has 2 rings (SSSR count). The summed E-state index contributed by atoms with van der Waals surface area (Å²) < 4.78 is 41.3. The minimum absolute atomic E-state index is 0.0130. The van der Waals surface area contributed by atoms with Gasteiger partial charge in [-0.15, -0.1) is 0 Å². The molecule has 0 spiro atoms. The fourth-order valence-electron chi connectivity index (χ4n) is 3.25. The van der Waals surface area contributed by atoms with Gasteiger partial charge in [-0.3, -0.25) is 9.59 Å². The number of anilines is 1. The summed E-state index contributed by atoms with van der Waals surface area (Å²) >= 11 is 12.1. The third kappa shape index (κ3) is 6.59. The van der Waals surface area contributed by atoms with Crippen molar-refractivity contribution >= 4 is 50.9 Å². The van der Waals surface area contributed by atoms with Crippen molar-refractivity contribution in [2.24, 2.45) is 0 Å². The number of carbonyl (C=O) groups excluding carboxylic acids is 2. The molecule has 2 amide bonds. The van der Waals surface area contributed by atoms with Crippen LogP contribution in [0, 0.1) is 5.82 Å². The molecule has 34 heavy (non-hydrogen) atoms. The number of amides is 2. The molecule has 1 atom stereocenters. The molecule has 2 aromatic carbocycles. The van der Waals surface area contributed by atoms with Crippen LogP contribution in [0.4, 0.5) is 10.1 Å². The van der Waals surface area contributed by atoms with E-state index in [-0.39, 0.29) is 23.7 Å². The highest BCUT2D eigenvalue weighted by molar-refractivity contribution is 7.90. The van der Waals surface area contributed by atoms with Crippen LogP contribution >= 0.6 is 23.2 Å². The van der Waals surface area contributed by atoms with Crippen molar-refractivity contribution in [2.75, 3.05) is 32.0 Å². The van der Waals surface area contributed by atoms with Gasteiger partial charge in [0.1, 0.15) is 18.4 Å². The Labute approximate surface area is 209 Å². The Morgan fingerprint density at radius 2 is 1.68 bits per heavy atom. The lowest BCUT2D eigenvalue weighted by atomic mass is 10.1. The lowest BCUT2D eigenvalue weighted by Gasteiger charge is -2.33. The number of benzene rings is 2. The second-order valence-corrected chi connectivity index (χ2v) is 10.5. The van der Waals surface area contributed by atoms with Gasteiger partial charge >= 0.3 is 10.2 Å². The van der Waals surface area contributed by atoms with Crippen LogP contribution in [0.1, 0.15) is 18.9 Å². The smallest absolute Gasteiger partial charge is 0.304 e. The number of halogens is 3. The second kappa shape index (κ2) is 11.8. The number of carbonyl (C=O) groups is 2. The maximum absolute atomic E-state index is 13.5. The molecular weight excluding hydrogens is 506 g/mol. The molecule has 0 aliphatic carbocycles. The van der Waals surface area contributed by atoms with E-state index in [0.29, 0.717) is 10.6 Å². The first-order valence-corrected chi connectivity index (χ1v) is 12.5. The Balaban J connectivity index is 2.50. The van der Waals surface area contributed by atoms with E-state index in [4.69, 9.17) is 23.2 Å². The van der Waals surface area contributed by atoms with Gasteiger partial charge in [0.15, 0.2) is 0 Å². The Bertz CT molecular complexity index is 1130. The third-order valence-corrected chi connectivity index (χ3v) is 7.66. The zero-order valence-electron chi connectivity index (χ0n) is 19.3. The molecule has 186 valence electrons. The predicted octanol–water partition coefficient (Wildman–Crippen LogP) is 3.30.